The Labute approximate surface area is 202 Å². The molecule has 2 aromatic carbocycles. The van der Waals surface area contributed by atoms with Crippen LogP contribution in [0, 0.1) is 0 Å². The predicted molar refractivity (Wildman–Crippen MR) is 131 cm³/mol. The van der Waals surface area contributed by atoms with Gasteiger partial charge in [-0.15, -0.1) is 0 Å². The monoisotopic (exact) mass is 468 g/mol. The predicted octanol–water partition coefficient (Wildman–Crippen LogP) is 5.16. The molecule has 4 rings (SSSR count). The number of benzene rings is 2. The van der Waals surface area contributed by atoms with Crippen LogP contribution in [0.2, 0.25) is 0 Å². The van der Waals surface area contributed by atoms with Crippen LogP contribution >= 0.6 is 0 Å². The molecule has 0 radical (unpaired) electrons. The summed E-state index contributed by atoms with van der Waals surface area (Å²) in [5.74, 6) is 2.87. The van der Waals surface area contributed by atoms with Gasteiger partial charge in [0.05, 0.1) is 40.5 Å². The maximum absolute atomic E-state index is 14.0. The Balaban J connectivity index is 1.66. The molecule has 7 nitrogen and oxygen atoms in total. The van der Waals surface area contributed by atoms with E-state index in [-0.39, 0.29) is 18.1 Å². The minimum absolute atomic E-state index is 0.000336. The van der Waals surface area contributed by atoms with Crippen LogP contribution in [0.15, 0.2) is 24.3 Å². The van der Waals surface area contributed by atoms with Crippen molar-refractivity contribution in [2.45, 2.75) is 51.6 Å². The molecule has 2 heterocycles. The van der Waals surface area contributed by atoms with Gasteiger partial charge in [0.2, 0.25) is 0 Å². The van der Waals surface area contributed by atoms with Crippen molar-refractivity contribution in [1.29, 1.82) is 0 Å². The van der Waals surface area contributed by atoms with Crippen molar-refractivity contribution in [2.75, 3.05) is 41.5 Å². The Morgan fingerprint density at radius 1 is 0.706 bits per heavy atom. The first-order valence-electron chi connectivity index (χ1n) is 12.1. The molecule has 7 heteroatoms. The van der Waals surface area contributed by atoms with Crippen LogP contribution in [0.4, 0.5) is 4.79 Å². The second-order valence-corrected chi connectivity index (χ2v) is 8.83. The highest BCUT2D eigenvalue weighted by Crippen LogP contribution is 2.43. The summed E-state index contributed by atoms with van der Waals surface area (Å²) in [5.41, 5.74) is 4.75. The van der Waals surface area contributed by atoms with E-state index < -0.39 is 0 Å². The third kappa shape index (κ3) is 4.01. The summed E-state index contributed by atoms with van der Waals surface area (Å²) in [4.78, 5) is 18.1. The Bertz CT molecular complexity index is 972. The van der Waals surface area contributed by atoms with E-state index >= 15 is 0 Å². The van der Waals surface area contributed by atoms with Crippen LogP contribution in [-0.2, 0) is 12.8 Å². The third-order valence-electron chi connectivity index (χ3n) is 7.27. The van der Waals surface area contributed by atoms with E-state index in [1.54, 1.807) is 28.4 Å². The fraction of sp³-hybridized carbons (Fsp3) is 0.519. The maximum atomic E-state index is 14.0. The molecule has 0 N–H and O–H groups in total. The van der Waals surface area contributed by atoms with Crippen molar-refractivity contribution in [2.24, 2.45) is 0 Å². The van der Waals surface area contributed by atoms with Crippen LogP contribution in [-0.4, -0.2) is 57.4 Å². The Morgan fingerprint density at radius 3 is 1.38 bits per heavy atom. The molecule has 0 aromatic heterocycles. The molecule has 0 bridgehead atoms. The van der Waals surface area contributed by atoms with Gasteiger partial charge in [-0.05, 0) is 72.2 Å². The average molecular weight is 469 g/mol. The van der Waals surface area contributed by atoms with Crippen LogP contribution in [0.25, 0.3) is 0 Å². The smallest absolute Gasteiger partial charge is 0.321 e. The largest absolute Gasteiger partial charge is 0.493 e. The van der Waals surface area contributed by atoms with Crippen LogP contribution in [0.5, 0.6) is 23.0 Å². The summed E-state index contributed by atoms with van der Waals surface area (Å²) < 4.78 is 22.1. The van der Waals surface area contributed by atoms with Gasteiger partial charge in [0.1, 0.15) is 0 Å². The molecule has 2 aliphatic rings. The quantitative estimate of drug-likeness (QED) is 0.586. The van der Waals surface area contributed by atoms with Crippen molar-refractivity contribution in [3.05, 3.63) is 46.5 Å². The third-order valence-corrected chi connectivity index (χ3v) is 7.27. The number of carbonyl (C=O) groups excluding carboxylic acids is 1. The van der Waals surface area contributed by atoms with Crippen molar-refractivity contribution in [3.8, 4) is 23.0 Å². The van der Waals surface area contributed by atoms with Gasteiger partial charge in [0, 0.05) is 13.1 Å². The lowest BCUT2D eigenvalue weighted by atomic mass is 9.89. The lowest BCUT2D eigenvalue weighted by Gasteiger charge is -2.44. The van der Waals surface area contributed by atoms with E-state index in [0.29, 0.717) is 24.6 Å². The summed E-state index contributed by atoms with van der Waals surface area (Å²) in [6.45, 7) is 5.64. The fourth-order valence-corrected chi connectivity index (χ4v) is 5.56. The zero-order chi connectivity index (χ0) is 24.4. The molecule has 0 saturated carbocycles. The Hall–Kier alpha value is -3.09. The standard InChI is InChI=1S/C27H36N2O5/c1-7-21-19-15-25(33-5)23(31-3)13-17(19)9-11-28(21)27(30)29-12-10-18-14-24(32-4)26(34-6)16-20(18)22(29)8-2/h13-16,21-22H,7-12H2,1-6H3/t21-,22-/m1/s1. The first-order chi connectivity index (χ1) is 16.5. The molecule has 0 unspecified atom stereocenters. The van der Waals surface area contributed by atoms with Gasteiger partial charge in [0.15, 0.2) is 23.0 Å². The van der Waals surface area contributed by atoms with Crippen molar-refractivity contribution < 1.29 is 23.7 Å². The molecule has 184 valence electrons. The zero-order valence-electron chi connectivity index (χ0n) is 21.1. The van der Waals surface area contributed by atoms with Crippen molar-refractivity contribution in [1.82, 2.24) is 9.80 Å². The van der Waals surface area contributed by atoms with E-state index in [0.717, 1.165) is 48.3 Å². The molecular weight excluding hydrogens is 432 g/mol. The van der Waals surface area contributed by atoms with Gasteiger partial charge in [-0.1, -0.05) is 13.8 Å². The number of ether oxygens (including phenoxy) is 4. The van der Waals surface area contributed by atoms with E-state index in [9.17, 15) is 4.79 Å². The highest BCUT2D eigenvalue weighted by atomic mass is 16.5. The average Bonchev–Trinajstić information content (AvgIpc) is 2.89. The SMILES string of the molecule is CC[C@@H]1c2cc(OC)c(OC)cc2CCN1C(=O)N1CCc2cc(OC)c(OC)cc2[C@H]1CC. The molecular formula is C27H36N2O5. The highest BCUT2D eigenvalue weighted by Gasteiger charge is 2.38. The van der Waals surface area contributed by atoms with E-state index in [1.165, 1.54) is 11.1 Å². The number of methoxy groups -OCH3 is 4. The second kappa shape index (κ2) is 10.0. The Morgan fingerprint density at radius 2 is 1.06 bits per heavy atom. The molecule has 0 saturated heterocycles. The summed E-state index contributed by atoms with van der Waals surface area (Å²) in [5, 5.41) is 0. The minimum Gasteiger partial charge on any atom is -0.493 e. The number of nitrogens with zero attached hydrogens (tertiary/aromatic N) is 2. The van der Waals surface area contributed by atoms with Crippen LogP contribution in [0.3, 0.4) is 0 Å². The molecule has 2 amide bonds. The molecule has 2 aromatic rings. The molecule has 2 aliphatic heterocycles. The summed E-state index contributed by atoms with van der Waals surface area (Å²) in [6.07, 6.45) is 3.26. The van der Waals surface area contributed by atoms with Gasteiger partial charge in [-0.3, -0.25) is 0 Å². The number of hydrogen-bond acceptors (Lipinski definition) is 5. The van der Waals surface area contributed by atoms with Gasteiger partial charge in [-0.2, -0.15) is 0 Å². The van der Waals surface area contributed by atoms with Crippen LogP contribution < -0.4 is 18.9 Å². The fourth-order valence-electron chi connectivity index (χ4n) is 5.56. The molecule has 0 fully saturated rings. The number of amides is 2. The Kier molecular flexibility index (Phi) is 7.10. The van der Waals surface area contributed by atoms with Gasteiger partial charge in [0.25, 0.3) is 0 Å². The highest BCUT2D eigenvalue weighted by molar-refractivity contribution is 5.77. The molecule has 0 aliphatic carbocycles. The summed E-state index contributed by atoms with van der Waals surface area (Å²) in [7, 11) is 6.61. The lowest BCUT2D eigenvalue weighted by Crippen LogP contribution is -2.50. The van der Waals surface area contributed by atoms with Gasteiger partial charge < -0.3 is 28.7 Å². The number of fused-ring (bicyclic) bond motifs is 2. The second-order valence-electron chi connectivity index (χ2n) is 8.83. The molecule has 2 atom stereocenters. The van der Waals surface area contributed by atoms with Crippen molar-refractivity contribution >= 4 is 6.03 Å². The minimum atomic E-state index is 0.000336. The first kappa shape index (κ1) is 24.0. The zero-order valence-corrected chi connectivity index (χ0v) is 21.1. The first-order valence-corrected chi connectivity index (χ1v) is 12.1. The molecule has 34 heavy (non-hydrogen) atoms. The normalized spacial score (nSPS) is 19.2. The lowest BCUT2D eigenvalue weighted by molar-refractivity contribution is 0.105. The topological polar surface area (TPSA) is 60.5 Å². The van der Waals surface area contributed by atoms with Crippen molar-refractivity contribution in [3.63, 3.8) is 0 Å². The number of urea groups is 1. The number of hydrogen-bond donors (Lipinski definition) is 0. The van der Waals surface area contributed by atoms with E-state index in [2.05, 4.69) is 26.0 Å². The van der Waals surface area contributed by atoms with Gasteiger partial charge in [-0.25, -0.2) is 4.79 Å². The summed E-state index contributed by atoms with van der Waals surface area (Å²) >= 11 is 0. The number of rotatable bonds is 6. The van der Waals surface area contributed by atoms with Crippen LogP contribution in [0.1, 0.15) is 61.0 Å². The van der Waals surface area contributed by atoms with E-state index in [1.807, 2.05) is 21.9 Å². The number of carbonyl (C=O) groups is 1. The molecule has 0 spiro atoms. The maximum Gasteiger partial charge on any atom is 0.321 e. The van der Waals surface area contributed by atoms with Gasteiger partial charge >= 0.3 is 6.03 Å². The summed E-state index contributed by atoms with van der Waals surface area (Å²) in [6, 6.07) is 8.30. The van der Waals surface area contributed by atoms with E-state index in [4.69, 9.17) is 18.9 Å².